The SMILES string of the molecule is CC(NCCCC(F)(F)F)c1ccccc1O. The first-order valence-corrected chi connectivity index (χ1v) is 5.48. The van der Waals surface area contributed by atoms with E-state index in [2.05, 4.69) is 5.32 Å². The van der Waals surface area contributed by atoms with E-state index in [4.69, 9.17) is 0 Å². The monoisotopic (exact) mass is 247 g/mol. The lowest BCUT2D eigenvalue weighted by molar-refractivity contribution is -0.135. The largest absolute Gasteiger partial charge is 0.508 e. The standard InChI is InChI=1S/C12H16F3NO/c1-9(10-5-2-3-6-11(10)17)16-8-4-7-12(13,14)15/h2-3,5-6,9,16-17H,4,7-8H2,1H3. The molecule has 5 heteroatoms. The molecule has 1 unspecified atom stereocenters. The van der Waals surface area contributed by atoms with Crippen molar-refractivity contribution in [3.8, 4) is 5.75 Å². The Kier molecular flexibility index (Phi) is 4.81. The van der Waals surface area contributed by atoms with Crippen LogP contribution in [0.1, 0.15) is 31.4 Å². The molecule has 0 heterocycles. The first-order valence-electron chi connectivity index (χ1n) is 5.48. The summed E-state index contributed by atoms with van der Waals surface area (Å²) < 4.78 is 35.7. The zero-order valence-electron chi connectivity index (χ0n) is 9.59. The highest BCUT2D eigenvalue weighted by molar-refractivity contribution is 5.33. The van der Waals surface area contributed by atoms with Gasteiger partial charge in [-0.15, -0.1) is 0 Å². The Morgan fingerprint density at radius 1 is 1.29 bits per heavy atom. The van der Waals surface area contributed by atoms with Crippen molar-refractivity contribution in [1.82, 2.24) is 5.32 Å². The zero-order valence-corrected chi connectivity index (χ0v) is 9.59. The summed E-state index contributed by atoms with van der Waals surface area (Å²) in [5.41, 5.74) is 0.694. The van der Waals surface area contributed by atoms with Gasteiger partial charge in [0.25, 0.3) is 0 Å². The summed E-state index contributed by atoms with van der Waals surface area (Å²) in [6.07, 6.45) is -4.84. The second kappa shape index (κ2) is 5.91. The van der Waals surface area contributed by atoms with E-state index in [0.717, 1.165) is 0 Å². The van der Waals surface area contributed by atoms with Crippen LogP contribution in [0.15, 0.2) is 24.3 Å². The minimum atomic E-state index is -4.10. The van der Waals surface area contributed by atoms with Crippen molar-refractivity contribution in [3.63, 3.8) is 0 Å². The summed E-state index contributed by atoms with van der Waals surface area (Å²) in [6, 6.07) is 6.63. The highest BCUT2D eigenvalue weighted by Crippen LogP contribution is 2.24. The lowest BCUT2D eigenvalue weighted by atomic mass is 10.1. The van der Waals surface area contributed by atoms with Crippen molar-refractivity contribution in [1.29, 1.82) is 0 Å². The third-order valence-electron chi connectivity index (χ3n) is 2.49. The first-order chi connectivity index (χ1) is 7.90. The van der Waals surface area contributed by atoms with Crippen LogP contribution in [0.2, 0.25) is 0 Å². The molecule has 0 aliphatic heterocycles. The summed E-state index contributed by atoms with van der Waals surface area (Å²) in [4.78, 5) is 0. The molecular weight excluding hydrogens is 231 g/mol. The number of rotatable bonds is 5. The quantitative estimate of drug-likeness (QED) is 0.782. The number of nitrogens with one attached hydrogen (secondary N) is 1. The van der Waals surface area contributed by atoms with Crippen LogP contribution >= 0.6 is 0 Å². The summed E-state index contributed by atoms with van der Waals surface area (Å²) in [6.45, 7) is 2.08. The number of alkyl halides is 3. The number of phenols is 1. The van der Waals surface area contributed by atoms with Crippen LogP contribution in [0.25, 0.3) is 0 Å². The molecule has 0 aliphatic rings. The van der Waals surface area contributed by atoms with E-state index in [9.17, 15) is 18.3 Å². The molecule has 1 atom stereocenters. The molecule has 0 saturated heterocycles. The van der Waals surface area contributed by atoms with Crippen molar-refractivity contribution in [3.05, 3.63) is 29.8 Å². The number of para-hydroxylation sites is 1. The van der Waals surface area contributed by atoms with Crippen LogP contribution in [0.5, 0.6) is 5.75 Å². The summed E-state index contributed by atoms with van der Waals surface area (Å²) in [7, 11) is 0. The fourth-order valence-electron chi connectivity index (χ4n) is 1.57. The molecule has 1 rings (SSSR count). The third-order valence-corrected chi connectivity index (χ3v) is 2.49. The van der Waals surface area contributed by atoms with Crippen molar-refractivity contribution in [2.24, 2.45) is 0 Å². The van der Waals surface area contributed by atoms with E-state index >= 15 is 0 Å². The number of hydrogen-bond donors (Lipinski definition) is 2. The van der Waals surface area contributed by atoms with Crippen molar-refractivity contribution < 1.29 is 18.3 Å². The average molecular weight is 247 g/mol. The van der Waals surface area contributed by atoms with Gasteiger partial charge < -0.3 is 10.4 Å². The van der Waals surface area contributed by atoms with Gasteiger partial charge in [-0.3, -0.25) is 0 Å². The molecular formula is C12H16F3NO. The van der Waals surface area contributed by atoms with E-state index in [1.54, 1.807) is 24.3 Å². The van der Waals surface area contributed by atoms with Gasteiger partial charge in [-0.05, 0) is 26.0 Å². The molecule has 96 valence electrons. The van der Waals surface area contributed by atoms with Gasteiger partial charge in [-0.2, -0.15) is 13.2 Å². The molecule has 0 bridgehead atoms. The van der Waals surface area contributed by atoms with Gasteiger partial charge in [-0.1, -0.05) is 18.2 Å². The minimum absolute atomic E-state index is 0.0431. The fraction of sp³-hybridized carbons (Fsp3) is 0.500. The second-order valence-electron chi connectivity index (χ2n) is 3.95. The van der Waals surface area contributed by atoms with Crippen molar-refractivity contribution in [2.45, 2.75) is 32.0 Å². The van der Waals surface area contributed by atoms with E-state index in [0.29, 0.717) is 5.56 Å². The molecule has 2 N–H and O–H groups in total. The maximum absolute atomic E-state index is 11.9. The normalized spacial score (nSPS) is 13.6. The predicted molar refractivity (Wildman–Crippen MR) is 59.8 cm³/mol. The Morgan fingerprint density at radius 2 is 1.94 bits per heavy atom. The van der Waals surface area contributed by atoms with E-state index in [-0.39, 0.29) is 24.8 Å². The first kappa shape index (κ1) is 13.8. The summed E-state index contributed by atoms with van der Waals surface area (Å²) >= 11 is 0. The van der Waals surface area contributed by atoms with Gasteiger partial charge in [-0.25, -0.2) is 0 Å². The Labute approximate surface area is 98.5 Å². The maximum atomic E-state index is 11.9. The number of aromatic hydroxyl groups is 1. The van der Waals surface area contributed by atoms with Crippen LogP contribution in [0, 0.1) is 0 Å². The van der Waals surface area contributed by atoms with E-state index < -0.39 is 12.6 Å². The molecule has 0 amide bonds. The number of halogens is 3. The number of phenolic OH excluding ortho intramolecular Hbond substituents is 1. The number of hydrogen-bond acceptors (Lipinski definition) is 2. The molecule has 0 fully saturated rings. The lowest BCUT2D eigenvalue weighted by Crippen LogP contribution is -2.21. The predicted octanol–water partition coefficient (Wildman–Crippen LogP) is 3.39. The van der Waals surface area contributed by atoms with Crippen LogP contribution in [0.3, 0.4) is 0 Å². The van der Waals surface area contributed by atoms with Crippen LogP contribution < -0.4 is 5.32 Å². The maximum Gasteiger partial charge on any atom is 0.389 e. The summed E-state index contributed by atoms with van der Waals surface area (Å²) in [5, 5.41) is 12.5. The molecule has 0 radical (unpaired) electrons. The van der Waals surface area contributed by atoms with Crippen molar-refractivity contribution >= 4 is 0 Å². The van der Waals surface area contributed by atoms with Gasteiger partial charge in [0.2, 0.25) is 0 Å². The molecule has 0 saturated carbocycles. The minimum Gasteiger partial charge on any atom is -0.508 e. The van der Waals surface area contributed by atoms with Gasteiger partial charge in [0, 0.05) is 18.0 Å². The Morgan fingerprint density at radius 3 is 2.53 bits per heavy atom. The van der Waals surface area contributed by atoms with Crippen LogP contribution in [-0.2, 0) is 0 Å². The molecule has 1 aromatic rings. The Bertz CT molecular complexity index is 352. The van der Waals surface area contributed by atoms with Gasteiger partial charge in [0.1, 0.15) is 5.75 Å². The topological polar surface area (TPSA) is 32.3 Å². The smallest absolute Gasteiger partial charge is 0.389 e. The van der Waals surface area contributed by atoms with Gasteiger partial charge >= 0.3 is 6.18 Å². The third kappa shape index (κ3) is 5.08. The summed E-state index contributed by atoms with van der Waals surface area (Å²) in [5.74, 6) is 0.156. The van der Waals surface area contributed by atoms with Gasteiger partial charge in [0.05, 0.1) is 0 Å². The zero-order chi connectivity index (χ0) is 12.9. The van der Waals surface area contributed by atoms with E-state index in [1.807, 2.05) is 6.92 Å². The molecule has 0 aromatic heterocycles. The molecule has 17 heavy (non-hydrogen) atoms. The van der Waals surface area contributed by atoms with Crippen molar-refractivity contribution in [2.75, 3.05) is 6.54 Å². The number of benzene rings is 1. The lowest BCUT2D eigenvalue weighted by Gasteiger charge is -2.15. The molecule has 1 aromatic carbocycles. The fourth-order valence-corrected chi connectivity index (χ4v) is 1.57. The van der Waals surface area contributed by atoms with E-state index in [1.165, 1.54) is 0 Å². The highest BCUT2D eigenvalue weighted by atomic mass is 19.4. The highest BCUT2D eigenvalue weighted by Gasteiger charge is 2.25. The Hall–Kier alpha value is -1.23. The molecule has 0 aliphatic carbocycles. The van der Waals surface area contributed by atoms with Crippen LogP contribution in [0.4, 0.5) is 13.2 Å². The van der Waals surface area contributed by atoms with Crippen LogP contribution in [-0.4, -0.2) is 17.8 Å². The second-order valence-corrected chi connectivity index (χ2v) is 3.95. The van der Waals surface area contributed by atoms with Gasteiger partial charge in [0.15, 0.2) is 0 Å². The Balaban J connectivity index is 2.36. The molecule has 2 nitrogen and oxygen atoms in total. The molecule has 0 spiro atoms. The average Bonchev–Trinajstić information content (AvgIpc) is 2.23.